The molecule has 0 spiro atoms. The van der Waals surface area contributed by atoms with Crippen molar-refractivity contribution in [1.29, 1.82) is 5.26 Å². The summed E-state index contributed by atoms with van der Waals surface area (Å²) in [7, 11) is -4.12. The Bertz CT molecular complexity index is 848. The van der Waals surface area contributed by atoms with Gasteiger partial charge in [0.2, 0.25) is 10.0 Å². The predicted octanol–water partition coefficient (Wildman–Crippen LogP) is 2.61. The Morgan fingerprint density at radius 1 is 1.38 bits per heavy atom. The minimum Gasteiger partial charge on any atom is -0.444 e. The summed E-state index contributed by atoms with van der Waals surface area (Å²) in [6, 6.07) is 3.72. The summed E-state index contributed by atoms with van der Waals surface area (Å²) in [5.74, 6) is -0.666. The number of nitrogens with zero attached hydrogens (tertiary/aromatic N) is 3. The first-order valence-corrected chi connectivity index (χ1v) is 9.62. The van der Waals surface area contributed by atoms with Crippen LogP contribution >= 0.6 is 11.6 Å². The van der Waals surface area contributed by atoms with Crippen molar-refractivity contribution in [2.24, 2.45) is 0 Å². The lowest BCUT2D eigenvalue weighted by Crippen LogP contribution is -2.56. The monoisotopic (exact) mass is 403 g/mol. The summed E-state index contributed by atoms with van der Waals surface area (Å²) in [4.78, 5) is 13.2. The Morgan fingerprint density at radius 2 is 2.04 bits per heavy atom. The van der Waals surface area contributed by atoms with E-state index in [2.05, 4.69) is 0 Å². The Labute approximate surface area is 156 Å². The van der Waals surface area contributed by atoms with Crippen molar-refractivity contribution in [3.63, 3.8) is 0 Å². The molecule has 1 aliphatic rings. The Kier molecular flexibility index (Phi) is 5.80. The molecule has 0 aromatic heterocycles. The Balaban J connectivity index is 2.24. The number of rotatable bonds is 2. The van der Waals surface area contributed by atoms with Gasteiger partial charge in [-0.05, 0) is 39.0 Å². The Hall–Kier alpha value is -1.89. The SMILES string of the molecule is CC(C)(C)OC(=O)N1CCN(S(=O)(=O)c2ccc(F)cc2Cl)C(C#N)C1. The van der Waals surface area contributed by atoms with E-state index in [9.17, 15) is 22.9 Å². The molecule has 0 aliphatic carbocycles. The molecule has 0 radical (unpaired) electrons. The number of halogens is 2. The summed E-state index contributed by atoms with van der Waals surface area (Å²) in [6.07, 6.45) is -0.616. The van der Waals surface area contributed by atoms with E-state index in [1.54, 1.807) is 20.8 Å². The zero-order chi connectivity index (χ0) is 19.7. The maximum absolute atomic E-state index is 13.2. The maximum Gasteiger partial charge on any atom is 0.410 e. The van der Waals surface area contributed by atoms with Gasteiger partial charge in [0, 0.05) is 13.1 Å². The number of carbonyl (C=O) groups excluding carboxylic acids is 1. The largest absolute Gasteiger partial charge is 0.444 e. The fourth-order valence-corrected chi connectivity index (χ4v) is 4.49. The third kappa shape index (κ3) is 4.44. The second kappa shape index (κ2) is 7.39. The summed E-state index contributed by atoms with van der Waals surface area (Å²) in [5.41, 5.74) is -0.704. The van der Waals surface area contributed by atoms with E-state index >= 15 is 0 Å². The normalized spacial score (nSPS) is 19.1. The molecule has 1 fully saturated rings. The zero-order valence-electron chi connectivity index (χ0n) is 14.6. The van der Waals surface area contributed by atoms with Gasteiger partial charge in [-0.3, -0.25) is 0 Å². The molecule has 2 rings (SSSR count). The lowest BCUT2D eigenvalue weighted by molar-refractivity contribution is 0.0162. The average Bonchev–Trinajstić information content (AvgIpc) is 2.52. The van der Waals surface area contributed by atoms with Crippen molar-refractivity contribution in [3.05, 3.63) is 29.0 Å². The number of sulfonamides is 1. The van der Waals surface area contributed by atoms with Crippen LogP contribution in [0.3, 0.4) is 0 Å². The molecule has 0 N–H and O–H groups in total. The fourth-order valence-electron chi connectivity index (χ4n) is 2.46. The van der Waals surface area contributed by atoms with Crippen molar-refractivity contribution >= 4 is 27.7 Å². The molecule has 1 saturated heterocycles. The van der Waals surface area contributed by atoms with Gasteiger partial charge in [-0.1, -0.05) is 11.6 Å². The summed E-state index contributed by atoms with van der Waals surface area (Å²) >= 11 is 5.86. The average molecular weight is 404 g/mol. The number of nitriles is 1. The molecule has 0 saturated carbocycles. The number of amides is 1. The van der Waals surface area contributed by atoms with E-state index in [0.29, 0.717) is 0 Å². The molecule has 0 bridgehead atoms. The van der Waals surface area contributed by atoms with E-state index in [1.165, 1.54) is 4.90 Å². The first-order chi connectivity index (χ1) is 12.0. The number of piperazine rings is 1. The van der Waals surface area contributed by atoms with Gasteiger partial charge in [0.25, 0.3) is 0 Å². The van der Waals surface area contributed by atoms with Gasteiger partial charge in [-0.25, -0.2) is 17.6 Å². The summed E-state index contributed by atoms with van der Waals surface area (Å²) < 4.78 is 45.1. The molecule has 26 heavy (non-hydrogen) atoms. The van der Waals surface area contributed by atoms with E-state index in [0.717, 1.165) is 22.5 Å². The van der Waals surface area contributed by atoms with Crippen LogP contribution in [-0.4, -0.2) is 55.0 Å². The minimum absolute atomic E-state index is 0.0607. The van der Waals surface area contributed by atoms with Gasteiger partial charge in [-0.15, -0.1) is 0 Å². The van der Waals surface area contributed by atoms with Crippen LogP contribution < -0.4 is 0 Å². The summed E-state index contributed by atoms with van der Waals surface area (Å²) in [6.45, 7) is 4.96. The smallest absolute Gasteiger partial charge is 0.410 e. The maximum atomic E-state index is 13.2. The highest BCUT2D eigenvalue weighted by Crippen LogP contribution is 2.28. The highest BCUT2D eigenvalue weighted by atomic mass is 35.5. The molecule has 1 atom stereocenters. The quantitative estimate of drug-likeness (QED) is 0.757. The van der Waals surface area contributed by atoms with Gasteiger partial charge in [-0.2, -0.15) is 9.57 Å². The molecular formula is C16H19ClFN3O4S. The number of carbonyl (C=O) groups is 1. The molecular weight excluding hydrogens is 385 g/mol. The summed E-state index contributed by atoms with van der Waals surface area (Å²) in [5, 5.41) is 9.12. The van der Waals surface area contributed by atoms with Crippen molar-refractivity contribution in [1.82, 2.24) is 9.21 Å². The Morgan fingerprint density at radius 3 is 2.58 bits per heavy atom. The topological polar surface area (TPSA) is 90.7 Å². The zero-order valence-corrected chi connectivity index (χ0v) is 16.1. The van der Waals surface area contributed by atoms with E-state index in [-0.39, 0.29) is 29.6 Å². The number of hydrogen-bond donors (Lipinski definition) is 0. The lowest BCUT2D eigenvalue weighted by Gasteiger charge is -2.37. The molecule has 1 aromatic carbocycles. The first-order valence-electron chi connectivity index (χ1n) is 7.80. The van der Waals surface area contributed by atoms with E-state index in [1.807, 2.05) is 6.07 Å². The van der Waals surface area contributed by atoms with Crippen molar-refractivity contribution in [3.8, 4) is 6.07 Å². The fraction of sp³-hybridized carbons (Fsp3) is 0.500. The van der Waals surface area contributed by atoms with Crippen LogP contribution in [0.4, 0.5) is 9.18 Å². The molecule has 7 nitrogen and oxygen atoms in total. The molecule has 1 aliphatic heterocycles. The van der Waals surface area contributed by atoms with E-state index < -0.39 is 33.6 Å². The van der Waals surface area contributed by atoms with Crippen LogP contribution in [0.25, 0.3) is 0 Å². The van der Waals surface area contributed by atoms with Crippen molar-refractivity contribution in [2.45, 2.75) is 37.3 Å². The van der Waals surface area contributed by atoms with Gasteiger partial charge in [0.05, 0.1) is 17.6 Å². The second-order valence-corrected chi connectivity index (χ2v) is 9.03. The van der Waals surface area contributed by atoms with Gasteiger partial charge < -0.3 is 9.64 Å². The molecule has 1 unspecified atom stereocenters. The van der Waals surface area contributed by atoms with Crippen LogP contribution in [0, 0.1) is 17.1 Å². The van der Waals surface area contributed by atoms with Crippen LogP contribution in [0.15, 0.2) is 23.1 Å². The number of ether oxygens (including phenoxy) is 1. The molecule has 1 heterocycles. The molecule has 10 heteroatoms. The number of hydrogen-bond acceptors (Lipinski definition) is 5. The van der Waals surface area contributed by atoms with Crippen LogP contribution in [0.5, 0.6) is 0 Å². The first kappa shape index (κ1) is 20.4. The molecule has 142 valence electrons. The third-order valence-electron chi connectivity index (χ3n) is 3.61. The lowest BCUT2D eigenvalue weighted by atomic mass is 10.2. The predicted molar refractivity (Wildman–Crippen MR) is 92.5 cm³/mol. The second-order valence-electron chi connectivity index (χ2n) is 6.76. The third-order valence-corrected chi connectivity index (χ3v) is 6.00. The minimum atomic E-state index is -4.12. The van der Waals surface area contributed by atoms with Crippen molar-refractivity contribution < 1.29 is 22.3 Å². The van der Waals surface area contributed by atoms with Crippen LogP contribution in [0.1, 0.15) is 20.8 Å². The van der Waals surface area contributed by atoms with Crippen LogP contribution in [0.2, 0.25) is 5.02 Å². The molecule has 1 amide bonds. The van der Waals surface area contributed by atoms with Gasteiger partial charge >= 0.3 is 6.09 Å². The van der Waals surface area contributed by atoms with Crippen LogP contribution in [-0.2, 0) is 14.8 Å². The standard InChI is InChI=1S/C16H19ClFN3O4S/c1-16(2,3)25-15(22)20-6-7-21(12(9-19)10-20)26(23,24)14-5-4-11(18)8-13(14)17/h4-5,8,12H,6-7,10H2,1-3H3. The highest BCUT2D eigenvalue weighted by Gasteiger charge is 2.39. The van der Waals surface area contributed by atoms with Gasteiger partial charge in [0.15, 0.2) is 0 Å². The van der Waals surface area contributed by atoms with Gasteiger partial charge in [0.1, 0.15) is 22.4 Å². The number of benzene rings is 1. The van der Waals surface area contributed by atoms with E-state index in [4.69, 9.17) is 16.3 Å². The highest BCUT2D eigenvalue weighted by molar-refractivity contribution is 7.89. The molecule has 1 aromatic rings. The van der Waals surface area contributed by atoms with Crippen molar-refractivity contribution in [2.75, 3.05) is 19.6 Å².